The molecule has 0 N–H and O–H groups in total. The van der Waals surface area contributed by atoms with Crippen LogP contribution in [0.1, 0.15) is 5.76 Å². The summed E-state index contributed by atoms with van der Waals surface area (Å²) in [6.45, 7) is 0. The van der Waals surface area contributed by atoms with Gasteiger partial charge >= 0.3 is 0 Å². The van der Waals surface area contributed by atoms with Gasteiger partial charge in [-0.3, -0.25) is 0 Å². The first-order valence-corrected chi connectivity index (χ1v) is 6.60. The van der Waals surface area contributed by atoms with Gasteiger partial charge in [-0.1, -0.05) is 12.1 Å². The lowest BCUT2D eigenvalue weighted by Gasteiger charge is -1.84. The molecule has 0 saturated heterocycles. The second kappa shape index (κ2) is 4.73. The molecule has 0 fully saturated rings. The van der Waals surface area contributed by atoms with E-state index in [-0.39, 0.29) is 0 Å². The molecular weight excluding hydrogens is 252 g/mol. The fourth-order valence-corrected chi connectivity index (χ4v) is 3.01. The number of benzene rings is 1. The van der Waals surface area contributed by atoms with E-state index in [1.165, 1.54) is 16.6 Å². The van der Waals surface area contributed by atoms with Crippen LogP contribution in [0.5, 0.6) is 0 Å². The quantitative estimate of drug-likeness (QED) is 0.527. The predicted octanol–water partition coefficient (Wildman–Crippen LogP) is 4.02. The van der Waals surface area contributed by atoms with Crippen molar-refractivity contribution >= 4 is 39.7 Å². The maximum absolute atomic E-state index is 5.15. The molecule has 17 heavy (non-hydrogen) atoms. The Hall–Kier alpha value is -1.59. The van der Waals surface area contributed by atoms with Crippen LogP contribution in [0, 0.1) is 0 Å². The van der Waals surface area contributed by atoms with E-state index in [1.54, 1.807) is 23.8 Å². The standard InChI is InChI=1S/C12H8N2OS2/c1-2-6-11-10(5-1)14-12(16-11)17-13-8-9-4-3-7-15-9/h1-8H. The van der Waals surface area contributed by atoms with Crippen molar-refractivity contribution in [2.75, 3.05) is 0 Å². The van der Waals surface area contributed by atoms with E-state index < -0.39 is 0 Å². The topological polar surface area (TPSA) is 38.4 Å². The lowest BCUT2D eigenvalue weighted by Crippen LogP contribution is -1.71. The molecular formula is C12H8N2OS2. The Kier molecular flexibility index (Phi) is 2.94. The van der Waals surface area contributed by atoms with Gasteiger partial charge in [-0.2, -0.15) is 0 Å². The highest BCUT2D eigenvalue weighted by atomic mass is 32.2. The second-order valence-electron chi connectivity index (χ2n) is 3.29. The molecule has 0 aliphatic heterocycles. The molecule has 3 rings (SSSR count). The molecule has 5 heteroatoms. The minimum absolute atomic E-state index is 0.749. The van der Waals surface area contributed by atoms with Crippen molar-refractivity contribution in [3.05, 3.63) is 48.4 Å². The number of hydrogen-bond donors (Lipinski definition) is 0. The van der Waals surface area contributed by atoms with Crippen molar-refractivity contribution in [1.29, 1.82) is 0 Å². The van der Waals surface area contributed by atoms with Crippen LogP contribution in [0.4, 0.5) is 0 Å². The average molecular weight is 260 g/mol. The molecule has 0 atom stereocenters. The lowest BCUT2D eigenvalue weighted by atomic mass is 10.3. The van der Waals surface area contributed by atoms with Crippen LogP contribution in [0.2, 0.25) is 0 Å². The Morgan fingerprint density at radius 1 is 1.24 bits per heavy atom. The number of nitrogens with zero attached hydrogens (tertiary/aromatic N) is 2. The SMILES string of the molecule is C(=NSc1nc2ccccc2s1)c1ccco1. The summed E-state index contributed by atoms with van der Waals surface area (Å²) >= 11 is 3.00. The zero-order valence-corrected chi connectivity index (χ0v) is 10.4. The largest absolute Gasteiger partial charge is 0.463 e. The molecule has 0 amide bonds. The van der Waals surface area contributed by atoms with Gasteiger partial charge < -0.3 is 4.42 Å². The fourth-order valence-electron chi connectivity index (χ4n) is 1.38. The normalized spacial score (nSPS) is 11.5. The Bertz CT molecular complexity index is 610. The summed E-state index contributed by atoms with van der Waals surface area (Å²) in [5.74, 6) is 0.749. The van der Waals surface area contributed by atoms with Crippen LogP contribution in [0.3, 0.4) is 0 Å². The van der Waals surface area contributed by atoms with Crippen LogP contribution in [-0.2, 0) is 0 Å². The molecule has 0 aliphatic carbocycles. The molecule has 0 unspecified atom stereocenters. The van der Waals surface area contributed by atoms with Crippen LogP contribution >= 0.6 is 23.3 Å². The number of fused-ring (bicyclic) bond motifs is 1. The molecule has 0 radical (unpaired) electrons. The first-order chi connectivity index (χ1) is 8.42. The number of thiazole rings is 1. The van der Waals surface area contributed by atoms with Crippen LogP contribution < -0.4 is 0 Å². The smallest absolute Gasteiger partial charge is 0.173 e. The third-order valence-electron chi connectivity index (χ3n) is 2.13. The summed E-state index contributed by atoms with van der Waals surface area (Å²) in [5, 5.41) is 0. The monoisotopic (exact) mass is 260 g/mol. The van der Waals surface area contributed by atoms with E-state index in [9.17, 15) is 0 Å². The highest BCUT2D eigenvalue weighted by molar-refractivity contribution is 8.00. The van der Waals surface area contributed by atoms with Crippen molar-refractivity contribution in [2.24, 2.45) is 4.40 Å². The molecule has 3 aromatic rings. The Morgan fingerprint density at radius 3 is 3.00 bits per heavy atom. The summed E-state index contributed by atoms with van der Waals surface area (Å²) in [5.41, 5.74) is 1.02. The predicted molar refractivity (Wildman–Crippen MR) is 71.8 cm³/mol. The zero-order chi connectivity index (χ0) is 11.5. The second-order valence-corrected chi connectivity index (χ2v) is 5.36. The first kappa shape index (κ1) is 10.6. The van der Waals surface area contributed by atoms with Crippen molar-refractivity contribution in [2.45, 2.75) is 4.34 Å². The minimum Gasteiger partial charge on any atom is -0.463 e. The van der Waals surface area contributed by atoms with Gasteiger partial charge in [-0.25, -0.2) is 9.38 Å². The maximum Gasteiger partial charge on any atom is 0.173 e. The van der Waals surface area contributed by atoms with E-state index >= 15 is 0 Å². The number of hydrogen-bond acceptors (Lipinski definition) is 5. The third kappa shape index (κ3) is 2.40. The number of para-hydroxylation sites is 1. The highest BCUT2D eigenvalue weighted by Crippen LogP contribution is 2.29. The van der Waals surface area contributed by atoms with Gasteiger partial charge in [0.05, 0.1) is 22.7 Å². The van der Waals surface area contributed by atoms with Gasteiger partial charge in [0, 0.05) is 11.9 Å². The van der Waals surface area contributed by atoms with Crippen molar-refractivity contribution in [3.8, 4) is 0 Å². The molecule has 0 saturated carbocycles. The Morgan fingerprint density at radius 2 is 2.18 bits per heavy atom. The molecule has 0 bridgehead atoms. The van der Waals surface area contributed by atoms with Gasteiger partial charge in [0.25, 0.3) is 0 Å². The van der Waals surface area contributed by atoms with E-state index in [0.29, 0.717) is 0 Å². The summed E-state index contributed by atoms with van der Waals surface area (Å²) in [6.07, 6.45) is 3.32. The van der Waals surface area contributed by atoms with Gasteiger partial charge in [-0.05, 0) is 24.3 Å². The lowest BCUT2D eigenvalue weighted by molar-refractivity contribution is 0.560. The Labute approximate surface area is 106 Å². The summed E-state index contributed by atoms with van der Waals surface area (Å²) < 4.78 is 11.5. The average Bonchev–Trinajstić information content (AvgIpc) is 2.96. The number of rotatable bonds is 3. The fraction of sp³-hybridized carbons (Fsp3) is 0. The van der Waals surface area contributed by atoms with Crippen LogP contribution in [0.15, 0.2) is 55.8 Å². The molecule has 2 heterocycles. The van der Waals surface area contributed by atoms with Gasteiger partial charge in [0.15, 0.2) is 4.34 Å². The van der Waals surface area contributed by atoms with Gasteiger partial charge in [0.1, 0.15) is 5.76 Å². The summed E-state index contributed by atoms with van der Waals surface area (Å²) in [7, 11) is 0. The van der Waals surface area contributed by atoms with E-state index in [2.05, 4.69) is 15.4 Å². The molecule has 1 aromatic carbocycles. The van der Waals surface area contributed by atoms with E-state index in [1.807, 2.05) is 30.3 Å². The molecule has 2 aromatic heterocycles. The van der Waals surface area contributed by atoms with Crippen LogP contribution in [0.25, 0.3) is 10.2 Å². The minimum atomic E-state index is 0.749. The van der Waals surface area contributed by atoms with Crippen molar-refractivity contribution in [1.82, 2.24) is 4.98 Å². The molecule has 0 spiro atoms. The highest BCUT2D eigenvalue weighted by Gasteiger charge is 2.02. The van der Waals surface area contributed by atoms with E-state index in [0.717, 1.165) is 15.6 Å². The van der Waals surface area contributed by atoms with Gasteiger partial charge in [0.2, 0.25) is 0 Å². The number of furan rings is 1. The summed E-state index contributed by atoms with van der Waals surface area (Å²) in [6, 6.07) is 11.8. The molecule has 3 nitrogen and oxygen atoms in total. The summed E-state index contributed by atoms with van der Waals surface area (Å²) in [4.78, 5) is 4.47. The number of aromatic nitrogens is 1. The van der Waals surface area contributed by atoms with E-state index in [4.69, 9.17) is 4.42 Å². The third-order valence-corrected chi connectivity index (χ3v) is 3.89. The molecule has 84 valence electrons. The zero-order valence-electron chi connectivity index (χ0n) is 8.74. The van der Waals surface area contributed by atoms with Crippen molar-refractivity contribution < 1.29 is 4.42 Å². The first-order valence-electron chi connectivity index (χ1n) is 5.01. The Balaban J connectivity index is 1.77. The molecule has 0 aliphatic rings. The maximum atomic E-state index is 5.15. The van der Waals surface area contributed by atoms with Crippen molar-refractivity contribution in [3.63, 3.8) is 0 Å². The van der Waals surface area contributed by atoms with Gasteiger partial charge in [-0.15, -0.1) is 11.3 Å². The van der Waals surface area contributed by atoms with Crippen LogP contribution in [-0.4, -0.2) is 11.2 Å².